The van der Waals surface area contributed by atoms with Crippen LogP contribution in [0.1, 0.15) is 60.3 Å². The molecule has 1 heterocycles. The molecule has 0 aromatic carbocycles. The van der Waals surface area contributed by atoms with Crippen molar-refractivity contribution in [2.45, 2.75) is 78.4 Å². The van der Waals surface area contributed by atoms with E-state index in [2.05, 4.69) is 44.8 Å². The van der Waals surface area contributed by atoms with Crippen molar-refractivity contribution in [3.63, 3.8) is 0 Å². The van der Waals surface area contributed by atoms with Gasteiger partial charge in [0.2, 0.25) is 0 Å². The monoisotopic (exact) mass is 240 g/mol. The topological polar surface area (TPSA) is 15.3 Å². The number of piperidine rings is 1. The first kappa shape index (κ1) is 15.0. The van der Waals surface area contributed by atoms with Gasteiger partial charge in [0.25, 0.3) is 0 Å². The van der Waals surface area contributed by atoms with Gasteiger partial charge < -0.3 is 5.32 Å². The van der Waals surface area contributed by atoms with Crippen LogP contribution in [0.5, 0.6) is 0 Å². The van der Waals surface area contributed by atoms with Gasteiger partial charge in [-0.3, -0.25) is 4.90 Å². The van der Waals surface area contributed by atoms with E-state index in [4.69, 9.17) is 0 Å². The first-order chi connectivity index (χ1) is 8.10. The fourth-order valence-corrected chi connectivity index (χ4v) is 3.02. The minimum absolute atomic E-state index is 0.674. The molecular formula is C15H32N2. The molecular weight excluding hydrogens is 208 g/mol. The highest BCUT2D eigenvalue weighted by Gasteiger charge is 2.27. The molecule has 1 fully saturated rings. The molecule has 0 spiro atoms. The van der Waals surface area contributed by atoms with Crippen LogP contribution in [0.3, 0.4) is 0 Å². The molecule has 0 radical (unpaired) electrons. The van der Waals surface area contributed by atoms with Crippen LogP contribution in [0.4, 0.5) is 0 Å². The number of hydrogen-bond acceptors (Lipinski definition) is 2. The number of rotatable bonds is 6. The molecule has 0 amide bonds. The second-order valence-electron chi connectivity index (χ2n) is 5.87. The molecule has 0 bridgehead atoms. The highest BCUT2D eigenvalue weighted by molar-refractivity contribution is 4.83. The molecule has 1 aliphatic heterocycles. The fourth-order valence-electron chi connectivity index (χ4n) is 3.02. The van der Waals surface area contributed by atoms with Gasteiger partial charge in [-0.1, -0.05) is 20.8 Å². The molecule has 2 nitrogen and oxygen atoms in total. The van der Waals surface area contributed by atoms with E-state index in [1.54, 1.807) is 0 Å². The molecule has 17 heavy (non-hydrogen) atoms. The highest BCUT2D eigenvalue weighted by Crippen LogP contribution is 2.24. The molecule has 2 heteroatoms. The Morgan fingerprint density at radius 3 is 2.47 bits per heavy atom. The lowest BCUT2D eigenvalue weighted by molar-refractivity contribution is 0.0738. The standard InChI is InChI=1S/C15H32N2/c1-6-15(7-2)16-11-13(4)17-10-8-9-12(3)14(17)5/h12-16H,6-11H2,1-5H3. The molecule has 3 atom stereocenters. The Bertz CT molecular complexity index is 201. The van der Waals surface area contributed by atoms with Gasteiger partial charge in [-0.25, -0.2) is 0 Å². The zero-order valence-corrected chi connectivity index (χ0v) is 12.5. The first-order valence-electron chi connectivity index (χ1n) is 7.59. The van der Waals surface area contributed by atoms with Crippen LogP contribution >= 0.6 is 0 Å². The maximum absolute atomic E-state index is 3.71. The summed E-state index contributed by atoms with van der Waals surface area (Å²) in [6, 6.07) is 2.13. The number of nitrogens with zero attached hydrogens (tertiary/aromatic N) is 1. The van der Waals surface area contributed by atoms with Gasteiger partial charge in [-0.15, -0.1) is 0 Å². The second kappa shape index (κ2) is 7.38. The lowest BCUT2D eigenvalue weighted by Gasteiger charge is -2.42. The van der Waals surface area contributed by atoms with Crippen LogP contribution in [0.15, 0.2) is 0 Å². The predicted molar refractivity (Wildman–Crippen MR) is 76.4 cm³/mol. The normalized spacial score (nSPS) is 28.6. The summed E-state index contributed by atoms with van der Waals surface area (Å²) >= 11 is 0. The first-order valence-corrected chi connectivity index (χ1v) is 7.59. The average Bonchev–Trinajstić information content (AvgIpc) is 2.33. The summed E-state index contributed by atoms with van der Waals surface area (Å²) in [6.45, 7) is 14.2. The molecule has 1 N–H and O–H groups in total. The summed E-state index contributed by atoms with van der Waals surface area (Å²) in [5, 5.41) is 3.71. The molecule has 0 aromatic heterocycles. The van der Waals surface area contributed by atoms with Gasteiger partial charge >= 0.3 is 0 Å². The summed E-state index contributed by atoms with van der Waals surface area (Å²) in [5.74, 6) is 0.861. The van der Waals surface area contributed by atoms with Crippen molar-refractivity contribution in [1.29, 1.82) is 0 Å². The average molecular weight is 240 g/mol. The molecule has 1 aliphatic rings. The zero-order valence-electron chi connectivity index (χ0n) is 12.5. The molecule has 1 saturated heterocycles. The SMILES string of the molecule is CCC(CC)NCC(C)N1CCCC(C)C1C. The fraction of sp³-hybridized carbons (Fsp3) is 1.00. The van der Waals surface area contributed by atoms with E-state index in [0.29, 0.717) is 12.1 Å². The quantitative estimate of drug-likeness (QED) is 0.766. The molecule has 0 saturated carbocycles. The molecule has 0 aliphatic carbocycles. The van der Waals surface area contributed by atoms with Crippen LogP contribution in [-0.2, 0) is 0 Å². The van der Waals surface area contributed by atoms with E-state index < -0.39 is 0 Å². The highest BCUT2D eigenvalue weighted by atomic mass is 15.2. The number of nitrogens with one attached hydrogen (secondary N) is 1. The van der Waals surface area contributed by atoms with Gasteiger partial charge in [-0.2, -0.15) is 0 Å². The van der Waals surface area contributed by atoms with E-state index in [-0.39, 0.29) is 0 Å². The maximum atomic E-state index is 3.71. The molecule has 102 valence electrons. The third kappa shape index (κ3) is 4.26. The summed E-state index contributed by atoms with van der Waals surface area (Å²) in [5.41, 5.74) is 0. The minimum Gasteiger partial charge on any atom is -0.312 e. The number of likely N-dealkylation sites (tertiary alicyclic amines) is 1. The zero-order chi connectivity index (χ0) is 12.8. The minimum atomic E-state index is 0.674. The van der Waals surface area contributed by atoms with Gasteiger partial charge in [0, 0.05) is 24.7 Å². The van der Waals surface area contributed by atoms with E-state index in [0.717, 1.165) is 18.5 Å². The molecule has 0 aromatic rings. The van der Waals surface area contributed by atoms with Crippen molar-refractivity contribution in [2.24, 2.45) is 5.92 Å². The van der Waals surface area contributed by atoms with Crippen molar-refractivity contribution < 1.29 is 0 Å². The van der Waals surface area contributed by atoms with Gasteiger partial charge in [0.05, 0.1) is 0 Å². The van der Waals surface area contributed by atoms with Crippen LogP contribution in [0.25, 0.3) is 0 Å². The number of hydrogen-bond donors (Lipinski definition) is 1. The van der Waals surface area contributed by atoms with Crippen LogP contribution in [-0.4, -0.2) is 36.1 Å². The van der Waals surface area contributed by atoms with E-state index >= 15 is 0 Å². The third-order valence-electron chi connectivity index (χ3n) is 4.68. The van der Waals surface area contributed by atoms with Crippen molar-refractivity contribution >= 4 is 0 Å². The van der Waals surface area contributed by atoms with Gasteiger partial charge in [0.1, 0.15) is 0 Å². The Hall–Kier alpha value is -0.0800. The Balaban J connectivity index is 2.38. The summed E-state index contributed by atoms with van der Waals surface area (Å²) < 4.78 is 0. The van der Waals surface area contributed by atoms with Crippen molar-refractivity contribution in [3.8, 4) is 0 Å². The lowest BCUT2D eigenvalue weighted by atomic mass is 9.91. The Kier molecular flexibility index (Phi) is 6.50. The second-order valence-corrected chi connectivity index (χ2v) is 5.87. The largest absolute Gasteiger partial charge is 0.312 e. The Labute approximate surface area is 108 Å². The summed E-state index contributed by atoms with van der Waals surface area (Å²) in [4.78, 5) is 2.70. The van der Waals surface area contributed by atoms with Crippen LogP contribution < -0.4 is 5.32 Å². The van der Waals surface area contributed by atoms with Gasteiger partial charge in [0.15, 0.2) is 0 Å². The van der Waals surface area contributed by atoms with E-state index in [9.17, 15) is 0 Å². The maximum Gasteiger partial charge on any atom is 0.0195 e. The smallest absolute Gasteiger partial charge is 0.0195 e. The molecule has 3 unspecified atom stereocenters. The lowest BCUT2D eigenvalue weighted by Crippen LogP contribution is -2.51. The van der Waals surface area contributed by atoms with Crippen molar-refractivity contribution in [3.05, 3.63) is 0 Å². The third-order valence-corrected chi connectivity index (χ3v) is 4.68. The van der Waals surface area contributed by atoms with Crippen LogP contribution in [0, 0.1) is 5.92 Å². The Morgan fingerprint density at radius 1 is 1.24 bits per heavy atom. The summed E-state index contributed by atoms with van der Waals surface area (Å²) in [7, 11) is 0. The van der Waals surface area contributed by atoms with E-state index in [1.807, 2.05) is 0 Å². The summed E-state index contributed by atoms with van der Waals surface area (Å²) in [6.07, 6.45) is 5.27. The molecule has 1 rings (SSSR count). The van der Waals surface area contributed by atoms with E-state index in [1.165, 1.54) is 32.2 Å². The Morgan fingerprint density at radius 2 is 1.88 bits per heavy atom. The van der Waals surface area contributed by atoms with Gasteiger partial charge in [-0.05, 0) is 52.0 Å². The van der Waals surface area contributed by atoms with Crippen molar-refractivity contribution in [1.82, 2.24) is 10.2 Å². The van der Waals surface area contributed by atoms with Crippen molar-refractivity contribution in [2.75, 3.05) is 13.1 Å². The van der Waals surface area contributed by atoms with Crippen LogP contribution in [0.2, 0.25) is 0 Å². The predicted octanol–water partition coefficient (Wildman–Crippen LogP) is 3.27.